The number of aromatic nitrogens is 2. The molecule has 4 nitrogen and oxygen atoms in total. The largest absolute Gasteiger partial charge is 0.316 e. The van der Waals surface area contributed by atoms with Crippen LogP contribution in [0.3, 0.4) is 0 Å². The summed E-state index contributed by atoms with van der Waals surface area (Å²) in [5.41, 5.74) is 1.53. The Morgan fingerprint density at radius 2 is 2.29 bits per heavy atom. The molecule has 5 heteroatoms. The zero-order chi connectivity index (χ0) is 14.1. The van der Waals surface area contributed by atoms with Crippen LogP contribution in [0.25, 0.3) is 10.7 Å². The van der Waals surface area contributed by atoms with E-state index in [1.807, 2.05) is 30.6 Å². The minimum Gasteiger partial charge on any atom is -0.316 e. The average molecular weight is 300 g/mol. The minimum atomic E-state index is 0.550. The molecule has 1 spiro atoms. The lowest BCUT2D eigenvalue weighted by Gasteiger charge is -2.22. The lowest BCUT2D eigenvalue weighted by Crippen LogP contribution is -2.28. The predicted octanol–water partition coefficient (Wildman–Crippen LogP) is 2.39. The van der Waals surface area contributed by atoms with Gasteiger partial charge in [-0.1, -0.05) is 6.07 Å². The highest BCUT2D eigenvalue weighted by atomic mass is 32.1. The number of hydrogen-bond donors (Lipinski definition) is 1. The molecule has 2 aliphatic rings. The molecule has 2 fully saturated rings. The van der Waals surface area contributed by atoms with E-state index in [1.54, 1.807) is 11.3 Å². The zero-order valence-electron chi connectivity index (χ0n) is 12.1. The molecular formula is C16H20N4S. The third-order valence-corrected chi connectivity index (χ3v) is 5.67. The summed E-state index contributed by atoms with van der Waals surface area (Å²) < 4.78 is 0. The first kappa shape index (κ1) is 13.4. The lowest BCUT2D eigenvalue weighted by atomic mass is 9.87. The fraction of sp³-hybridized carbons (Fsp3) is 0.500. The third-order valence-electron chi connectivity index (χ3n) is 4.67. The third kappa shape index (κ3) is 2.73. The molecule has 0 aromatic carbocycles. The second-order valence-corrected chi connectivity index (χ2v) is 7.35. The van der Waals surface area contributed by atoms with Crippen LogP contribution in [0.4, 0.5) is 0 Å². The molecule has 0 aliphatic carbocycles. The molecule has 21 heavy (non-hydrogen) atoms. The molecule has 0 radical (unpaired) electrons. The summed E-state index contributed by atoms with van der Waals surface area (Å²) in [4.78, 5) is 12.8. The van der Waals surface area contributed by atoms with Crippen LogP contribution in [0.1, 0.15) is 17.7 Å². The van der Waals surface area contributed by atoms with Crippen molar-refractivity contribution in [3.63, 3.8) is 0 Å². The maximum Gasteiger partial charge on any atom is 0.142 e. The molecule has 1 atom stereocenters. The predicted molar refractivity (Wildman–Crippen MR) is 85.2 cm³/mol. The van der Waals surface area contributed by atoms with Gasteiger partial charge in [0.05, 0.1) is 5.69 Å². The van der Waals surface area contributed by atoms with E-state index in [0.717, 1.165) is 17.2 Å². The number of thiazole rings is 1. The number of likely N-dealkylation sites (tertiary alicyclic amines) is 1. The first-order valence-corrected chi connectivity index (χ1v) is 8.44. The van der Waals surface area contributed by atoms with Crippen LogP contribution < -0.4 is 5.32 Å². The molecular weight excluding hydrogens is 280 g/mol. The van der Waals surface area contributed by atoms with Crippen molar-refractivity contribution in [1.82, 2.24) is 20.2 Å². The highest BCUT2D eigenvalue weighted by molar-refractivity contribution is 7.14. The second-order valence-electron chi connectivity index (χ2n) is 6.23. The van der Waals surface area contributed by atoms with E-state index in [-0.39, 0.29) is 0 Å². The average Bonchev–Trinajstić information content (AvgIpc) is 3.24. The smallest absolute Gasteiger partial charge is 0.142 e. The standard InChI is InChI=1S/C16H20N4S/c1-2-6-18-14(3-1)15-19-9-13(21-15)10-20-8-5-16(12-20)4-7-17-11-16/h1-3,6,9,17H,4-5,7-8,10-12H2. The number of hydrogen-bond acceptors (Lipinski definition) is 5. The number of nitrogens with one attached hydrogen (secondary N) is 1. The Morgan fingerprint density at radius 3 is 3.10 bits per heavy atom. The summed E-state index contributed by atoms with van der Waals surface area (Å²) in [6, 6.07) is 5.98. The van der Waals surface area contributed by atoms with Gasteiger partial charge in [-0.05, 0) is 43.5 Å². The Morgan fingerprint density at radius 1 is 1.29 bits per heavy atom. The van der Waals surface area contributed by atoms with Crippen LogP contribution in [0, 0.1) is 5.41 Å². The summed E-state index contributed by atoms with van der Waals surface area (Å²) in [5.74, 6) is 0. The minimum absolute atomic E-state index is 0.550. The normalized spacial score (nSPS) is 25.9. The summed E-state index contributed by atoms with van der Waals surface area (Å²) in [5, 5.41) is 4.55. The molecule has 0 amide bonds. The van der Waals surface area contributed by atoms with Gasteiger partial charge in [0.2, 0.25) is 0 Å². The molecule has 2 aromatic rings. The number of pyridine rings is 1. The maximum absolute atomic E-state index is 4.53. The summed E-state index contributed by atoms with van der Waals surface area (Å²) in [6.45, 7) is 5.88. The summed E-state index contributed by atoms with van der Waals surface area (Å²) in [6.07, 6.45) is 6.53. The highest BCUT2D eigenvalue weighted by Gasteiger charge is 2.40. The van der Waals surface area contributed by atoms with Crippen molar-refractivity contribution in [2.75, 3.05) is 26.2 Å². The fourth-order valence-corrected chi connectivity index (χ4v) is 4.45. The Kier molecular flexibility index (Phi) is 3.49. The van der Waals surface area contributed by atoms with Crippen LogP contribution in [0.2, 0.25) is 0 Å². The SMILES string of the molecule is c1ccc(-c2ncc(CN3CCC4(CCNC4)C3)s2)nc1. The van der Waals surface area contributed by atoms with Gasteiger partial charge in [-0.25, -0.2) is 4.98 Å². The summed E-state index contributed by atoms with van der Waals surface area (Å²) in [7, 11) is 0. The topological polar surface area (TPSA) is 41.1 Å². The molecule has 0 saturated carbocycles. The fourth-order valence-electron chi connectivity index (χ4n) is 3.52. The molecule has 1 N–H and O–H groups in total. The molecule has 2 aromatic heterocycles. The Balaban J connectivity index is 1.43. The molecule has 2 saturated heterocycles. The van der Waals surface area contributed by atoms with Crippen molar-refractivity contribution in [3.05, 3.63) is 35.5 Å². The van der Waals surface area contributed by atoms with Gasteiger partial charge in [-0.2, -0.15) is 0 Å². The van der Waals surface area contributed by atoms with Gasteiger partial charge in [0.1, 0.15) is 5.01 Å². The van der Waals surface area contributed by atoms with Gasteiger partial charge in [0, 0.05) is 36.9 Å². The molecule has 0 bridgehead atoms. The highest BCUT2D eigenvalue weighted by Crippen LogP contribution is 2.37. The van der Waals surface area contributed by atoms with Gasteiger partial charge < -0.3 is 5.32 Å². The van der Waals surface area contributed by atoms with E-state index < -0.39 is 0 Å². The van der Waals surface area contributed by atoms with Gasteiger partial charge >= 0.3 is 0 Å². The van der Waals surface area contributed by atoms with Gasteiger partial charge in [0.25, 0.3) is 0 Å². The van der Waals surface area contributed by atoms with Crippen molar-refractivity contribution >= 4 is 11.3 Å². The van der Waals surface area contributed by atoms with Crippen molar-refractivity contribution in [2.24, 2.45) is 5.41 Å². The number of nitrogens with zero attached hydrogens (tertiary/aromatic N) is 3. The van der Waals surface area contributed by atoms with Crippen molar-refractivity contribution in [2.45, 2.75) is 19.4 Å². The van der Waals surface area contributed by atoms with E-state index in [9.17, 15) is 0 Å². The molecule has 110 valence electrons. The molecule has 4 rings (SSSR count). The van der Waals surface area contributed by atoms with Gasteiger partial charge in [-0.3, -0.25) is 9.88 Å². The molecule has 2 aliphatic heterocycles. The van der Waals surface area contributed by atoms with E-state index in [0.29, 0.717) is 5.41 Å². The first-order chi connectivity index (χ1) is 10.3. The first-order valence-electron chi connectivity index (χ1n) is 7.62. The molecule has 4 heterocycles. The Bertz CT molecular complexity index is 604. The van der Waals surface area contributed by atoms with E-state index in [2.05, 4.69) is 20.2 Å². The van der Waals surface area contributed by atoms with Crippen molar-refractivity contribution in [1.29, 1.82) is 0 Å². The van der Waals surface area contributed by atoms with E-state index in [4.69, 9.17) is 0 Å². The van der Waals surface area contributed by atoms with Crippen LogP contribution in [-0.2, 0) is 6.54 Å². The summed E-state index contributed by atoms with van der Waals surface area (Å²) >= 11 is 1.77. The van der Waals surface area contributed by atoms with Gasteiger partial charge in [-0.15, -0.1) is 11.3 Å². The van der Waals surface area contributed by atoms with E-state index >= 15 is 0 Å². The monoisotopic (exact) mass is 300 g/mol. The van der Waals surface area contributed by atoms with Crippen LogP contribution in [0.5, 0.6) is 0 Å². The Labute approximate surface area is 129 Å². The van der Waals surface area contributed by atoms with Crippen LogP contribution in [-0.4, -0.2) is 41.0 Å². The van der Waals surface area contributed by atoms with Crippen molar-refractivity contribution in [3.8, 4) is 10.7 Å². The molecule has 1 unspecified atom stereocenters. The lowest BCUT2D eigenvalue weighted by molar-refractivity contribution is 0.270. The van der Waals surface area contributed by atoms with Crippen LogP contribution in [0.15, 0.2) is 30.6 Å². The zero-order valence-corrected chi connectivity index (χ0v) is 12.9. The number of rotatable bonds is 3. The van der Waals surface area contributed by atoms with E-state index in [1.165, 1.54) is 43.9 Å². The maximum atomic E-state index is 4.53. The Hall–Kier alpha value is -1.30. The quantitative estimate of drug-likeness (QED) is 0.945. The second kappa shape index (κ2) is 5.48. The van der Waals surface area contributed by atoms with Crippen LogP contribution >= 0.6 is 11.3 Å². The van der Waals surface area contributed by atoms with Gasteiger partial charge in [0.15, 0.2) is 0 Å². The van der Waals surface area contributed by atoms with Crippen molar-refractivity contribution < 1.29 is 0 Å².